The van der Waals surface area contributed by atoms with E-state index >= 15 is 0 Å². The van der Waals surface area contributed by atoms with E-state index in [1.807, 2.05) is 18.2 Å². The number of nitrogens with zero attached hydrogens (tertiary/aromatic N) is 4. The lowest BCUT2D eigenvalue weighted by atomic mass is 9.99. The van der Waals surface area contributed by atoms with E-state index < -0.39 is 0 Å². The van der Waals surface area contributed by atoms with E-state index in [1.165, 1.54) is 0 Å². The SMILES string of the molecule is C[C@@H]1C[C@@H](c2ccccc2)n2nc(N3C(=O)c4ccccc4C3=O)nc2N1. The first-order valence-electron chi connectivity index (χ1n) is 8.89. The Balaban J connectivity index is 1.58. The van der Waals surface area contributed by atoms with Gasteiger partial charge in [-0.1, -0.05) is 42.5 Å². The quantitative estimate of drug-likeness (QED) is 0.712. The Hall–Kier alpha value is -3.48. The summed E-state index contributed by atoms with van der Waals surface area (Å²) in [5.41, 5.74) is 1.89. The van der Waals surface area contributed by atoms with E-state index in [0.29, 0.717) is 17.1 Å². The zero-order valence-corrected chi connectivity index (χ0v) is 14.7. The standard InChI is InChI=1S/C20H17N5O2/c1-12-11-16(13-7-3-2-4-8-13)25-19(21-12)22-20(23-25)24-17(26)14-9-5-6-10-15(14)18(24)27/h2-10,12,16H,11H2,1H3,(H,21,22,23)/t12-,16+/m1/s1. The van der Waals surface area contributed by atoms with Crippen LogP contribution in [0.5, 0.6) is 0 Å². The monoisotopic (exact) mass is 359 g/mol. The van der Waals surface area contributed by atoms with Gasteiger partial charge >= 0.3 is 0 Å². The smallest absolute Gasteiger partial charge is 0.268 e. The number of carbonyl (C=O) groups excluding carboxylic acids is 2. The van der Waals surface area contributed by atoms with Crippen LogP contribution in [-0.4, -0.2) is 32.6 Å². The Kier molecular flexibility index (Phi) is 3.36. The zero-order valence-electron chi connectivity index (χ0n) is 14.7. The lowest BCUT2D eigenvalue weighted by Crippen LogP contribution is -2.31. The molecule has 0 aliphatic carbocycles. The largest absolute Gasteiger partial charge is 0.352 e. The van der Waals surface area contributed by atoms with Crippen LogP contribution >= 0.6 is 0 Å². The van der Waals surface area contributed by atoms with Crippen molar-refractivity contribution in [2.45, 2.75) is 25.4 Å². The van der Waals surface area contributed by atoms with Crippen LogP contribution in [0.15, 0.2) is 54.6 Å². The topological polar surface area (TPSA) is 80.1 Å². The highest BCUT2D eigenvalue weighted by Crippen LogP contribution is 2.34. The molecular weight excluding hydrogens is 342 g/mol. The Morgan fingerprint density at radius 3 is 2.26 bits per heavy atom. The van der Waals surface area contributed by atoms with Crippen molar-refractivity contribution in [1.29, 1.82) is 0 Å². The van der Waals surface area contributed by atoms with Gasteiger partial charge < -0.3 is 5.32 Å². The average Bonchev–Trinajstić information content (AvgIpc) is 3.21. The zero-order chi connectivity index (χ0) is 18.5. The van der Waals surface area contributed by atoms with Crippen LogP contribution in [0.25, 0.3) is 0 Å². The average molecular weight is 359 g/mol. The summed E-state index contributed by atoms with van der Waals surface area (Å²) in [7, 11) is 0. The number of rotatable bonds is 2. The van der Waals surface area contributed by atoms with E-state index in [0.717, 1.165) is 16.9 Å². The third kappa shape index (κ3) is 2.35. The van der Waals surface area contributed by atoms with Crippen molar-refractivity contribution in [2.75, 3.05) is 10.2 Å². The highest BCUT2D eigenvalue weighted by molar-refractivity contribution is 6.33. The maximum Gasteiger partial charge on any atom is 0.268 e. The number of anilines is 2. The molecule has 27 heavy (non-hydrogen) atoms. The fourth-order valence-electron chi connectivity index (χ4n) is 3.76. The Labute approximate surface area is 155 Å². The summed E-state index contributed by atoms with van der Waals surface area (Å²) in [6.07, 6.45) is 0.835. The van der Waals surface area contributed by atoms with E-state index in [-0.39, 0.29) is 29.8 Å². The molecule has 0 fully saturated rings. The molecular formula is C20H17N5O2. The summed E-state index contributed by atoms with van der Waals surface area (Å²) in [4.78, 5) is 31.0. The predicted octanol–water partition coefficient (Wildman–Crippen LogP) is 2.87. The van der Waals surface area contributed by atoms with Crippen LogP contribution in [0.3, 0.4) is 0 Å². The van der Waals surface area contributed by atoms with Crippen LogP contribution in [0, 0.1) is 0 Å². The minimum absolute atomic E-state index is 0.00566. The highest BCUT2D eigenvalue weighted by Gasteiger charge is 2.40. The maximum absolute atomic E-state index is 12.7. The summed E-state index contributed by atoms with van der Waals surface area (Å²) in [5, 5.41) is 7.83. The van der Waals surface area contributed by atoms with Crippen molar-refractivity contribution in [2.24, 2.45) is 0 Å². The number of hydrogen-bond donors (Lipinski definition) is 1. The van der Waals surface area contributed by atoms with Gasteiger partial charge in [0.05, 0.1) is 17.2 Å². The third-order valence-corrected chi connectivity index (χ3v) is 5.05. The fraction of sp³-hybridized carbons (Fsp3) is 0.200. The summed E-state index contributed by atoms with van der Waals surface area (Å²) < 4.78 is 1.77. The number of aromatic nitrogens is 3. The molecule has 2 atom stereocenters. The van der Waals surface area contributed by atoms with Crippen LogP contribution in [0.2, 0.25) is 0 Å². The lowest BCUT2D eigenvalue weighted by molar-refractivity contribution is 0.0923. The van der Waals surface area contributed by atoms with Gasteiger partial charge in [-0.05, 0) is 31.0 Å². The van der Waals surface area contributed by atoms with Gasteiger partial charge in [0.1, 0.15) is 0 Å². The minimum Gasteiger partial charge on any atom is -0.352 e. The molecule has 0 radical (unpaired) electrons. The van der Waals surface area contributed by atoms with Crippen molar-refractivity contribution in [3.8, 4) is 0 Å². The van der Waals surface area contributed by atoms with Crippen molar-refractivity contribution < 1.29 is 9.59 Å². The first-order valence-corrected chi connectivity index (χ1v) is 8.89. The van der Waals surface area contributed by atoms with Gasteiger partial charge in [-0.25, -0.2) is 9.58 Å². The summed E-state index contributed by atoms with van der Waals surface area (Å²) in [5.74, 6) is -0.0985. The third-order valence-electron chi connectivity index (χ3n) is 5.05. The summed E-state index contributed by atoms with van der Waals surface area (Å²) in [6.45, 7) is 2.08. The van der Waals surface area contributed by atoms with Crippen molar-refractivity contribution in [1.82, 2.24) is 14.8 Å². The number of amides is 2. The highest BCUT2D eigenvalue weighted by atomic mass is 16.2. The Morgan fingerprint density at radius 1 is 0.963 bits per heavy atom. The minimum atomic E-state index is -0.386. The van der Waals surface area contributed by atoms with Crippen LogP contribution in [-0.2, 0) is 0 Å². The number of imide groups is 1. The predicted molar refractivity (Wildman–Crippen MR) is 99.9 cm³/mol. The summed E-state index contributed by atoms with van der Waals surface area (Å²) in [6, 6.07) is 17.0. The molecule has 0 bridgehead atoms. The number of fused-ring (bicyclic) bond motifs is 2. The van der Waals surface area contributed by atoms with Crippen LogP contribution in [0.4, 0.5) is 11.9 Å². The van der Waals surface area contributed by atoms with E-state index in [9.17, 15) is 9.59 Å². The van der Waals surface area contributed by atoms with E-state index in [4.69, 9.17) is 0 Å². The number of carbonyl (C=O) groups is 2. The van der Waals surface area contributed by atoms with Crippen LogP contribution < -0.4 is 10.2 Å². The molecule has 5 rings (SSSR count). The molecule has 134 valence electrons. The second-order valence-electron chi connectivity index (χ2n) is 6.88. The van der Waals surface area contributed by atoms with Gasteiger partial charge in [0, 0.05) is 6.04 Å². The van der Waals surface area contributed by atoms with Crippen LogP contribution in [0.1, 0.15) is 45.7 Å². The van der Waals surface area contributed by atoms with Crippen molar-refractivity contribution >= 4 is 23.7 Å². The number of nitrogens with one attached hydrogen (secondary N) is 1. The molecule has 2 aliphatic heterocycles. The molecule has 3 aromatic rings. The van der Waals surface area contributed by atoms with Crippen molar-refractivity contribution in [3.63, 3.8) is 0 Å². The van der Waals surface area contributed by atoms with Gasteiger partial charge in [-0.3, -0.25) is 9.59 Å². The Bertz CT molecular complexity index is 1020. The first-order chi connectivity index (χ1) is 13.1. The van der Waals surface area contributed by atoms with Gasteiger partial charge in [-0.15, -0.1) is 5.10 Å². The van der Waals surface area contributed by atoms with E-state index in [2.05, 4.69) is 34.5 Å². The normalized spacial score (nSPS) is 21.0. The molecule has 1 N–H and O–H groups in total. The number of benzene rings is 2. The molecule has 2 aliphatic rings. The molecule has 2 aromatic carbocycles. The van der Waals surface area contributed by atoms with Gasteiger partial charge in [-0.2, -0.15) is 4.98 Å². The summed E-state index contributed by atoms with van der Waals surface area (Å²) >= 11 is 0. The maximum atomic E-state index is 12.7. The molecule has 2 amide bonds. The lowest BCUT2D eigenvalue weighted by Gasteiger charge is -2.29. The second kappa shape index (κ2) is 5.77. The molecule has 1 aromatic heterocycles. The molecule has 0 spiro atoms. The van der Waals surface area contributed by atoms with Gasteiger partial charge in [0.15, 0.2) is 0 Å². The fourth-order valence-corrected chi connectivity index (χ4v) is 3.76. The van der Waals surface area contributed by atoms with E-state index in [1.54, 1.807) is 28.9 Å². The molecule has 0 saturated carbocycles. The molecule has 7 heteroatoms. The first kappa shape index (κ1) is 15.7. The Morgan fingerprint density at radius 2 is 1.59 bits per heavy atom. The van der Waals surface area contributed by atoms with Gasteiger partial charge in [0.25, 0.3) is 17.8 Å². The number of hydrogen-bond acceptors (Lipinski definition) is 5. The van der Waals surface area contributed by atoms with Crippen molar-refractivity contribution in [3.05, 3.63) is 71.3 Å². The van der Waals surface area contributed by atoms with Gasteiger partial charge in [0.2, 0.25) is 5.95 Å². The molecule has 0 saturated heterocycles. The molecule has 0 unspecified atom stereocenters. The second-order valence-corrected chi connectivity index (χ2v) is 6.88. The molecule has 7 nitrogen and oxygen atoms in total. The molecule has 3 heterocycles.